The van der Waals surface area contributed by atoms with Crippen molar-refractivity contribution in [1.82, 2.24) is 0 Å². The predicted octanol–water partition coefficient (Wildman–Crippen LogP) is 8.45. The molecule has 4 N–H and O–H groups in total. The van der Waals surface area contributed by atoms with E-state index in [1.807, 2.05) is 24.3 Å². The molecule has 0 radical (unpaired) electrons. The molecule has 0 bridgehead atoms. The maximum absolute atomic E-state index is 6.08. The first kappa shape index (κ1) is 25.3. The summed E-state index contributed by atoms with van der Waals surface area (Å²) in [6.07, 6.45) is 0. The molecule has 4 aromatic rings. The van der Waals surface area contributed by atoms with Crippen molar-refractivity contribution in [3.8, 4) is 0 Å². The summed E-state index contributed by atoms with van der Waals surface area (Å²) >= 11 is 0. The van der Waals surface area contributed by atoms with Gasteiger partial charge in [-0.1, -0.05) is 114 Å². The average Bonchev–Trinajstić information content (AvgIpc) is 2.83. The van der Waals surface area contributed by atoms with Gasteiger partial charge in [0.25, 0.3) is 0 Å². The SMILES string of the molecule is CC(C)(C)c1ccc(/C(=C(\c2ccc(N)cc2)c2ccc(C(C)(C)C)cc2)c2ccc(N)cc2)cc1. The first-order valence-electron chi connectivity index (χ1n) is 12.6. The van der Waals surface area contributed by atoms with Gasteiger partial charge in [0.15, 0.2) is 0 Å². The van der Waals surface area contributed by atoms with Crippen LogP contribution in [0.2, 0.25) is 0 Å². The van der Waals surface area contributed by atoms with E-state index in [-0.39, 0.29) is 10.8 Å². The molecular formula is C34H38N2. The summed E-state index contributed by atoms with van der Waals surface area (Å²) in [5.74, 6) is 0. The minimum atomic E-state index is 0.0895. The Labute approximate surface area is 216 Å². The Morgan fingerprint density at radius 1 is 0.389 bits per heavy atom. The van der Waals surface area contributed by atoms with Crippen LogP contribution in [0.5, 0.6) is 0 Å². The molecule has 0 unspecified atom stereocenters. The normalized spacial score (nSPS) is 12.8. The smallest absolute Gasteiger partial charge is 0.0314 e. The van der Waals surface area contributed by atoms with Crippen LogP contribution in [0.25, 0.3) is 11.1 Å². The molecule has 4 rings (SSSR count). The van der Waals surface area contributed by atoms with E-state index in [4.69, 9.17) is 11.5 Å². The van der Waals surface area contributed by atoms with Crippen molar-refractivity contribution in [3.05, 3.63) is 130 Å². The Morgan fingerprint density at radius 3 is 0.833 bits per heavy atom. The summed E-state index contributed by atoms with van der Waals surface area (Å²) < 4.78 is 0. The number of rotatable bonds is 4. The number of hydrogen-bond donors (Lipinski definition) is 2. The Morgan fingerprint density at radius 2 is 0.611 bits per heavy atom. The van der Waals surface area contributed by atoms with Gasteiger partial charge in [0.1, 0.15) is 0 Å². The van der Waals surface area contributed by atoms with Gasteiger partial charge in [-0.05, 0) is 79.6 Å². The molecule has 4 aromatic carbocycles. The number of hydrogen-bond acceptors (Lipinski definition) is 2. The van der Waals surface area contributed by atoms with Crippen molar-refractivity contribution in [2.45, 2.75) is 52.4 Å². The second-order valence-electron chi connectivity index (χ2n) is 11.6. The van der Waals surface area contributed by atoms with E-state index < -0.39 is 0 Å². The fourth-order valence-electron chi connectivity index (χ4n) is 4.48. The summed E-state index contributed by atoms with van der Waals surface area (Å²) in [6, 6.07) is 34.3. The minimum Gasteiger partial charge on any atom is -0.399 e. The molecule has 36 heavy (non-hydrogen) atoms. The van der Waals surface area contributed by atoms with Crippen LogP contribution in [0.1, 0.15) is 74.9 Å². The summed E-state index contributed by atoms with van der Waals surface area (Å²) in [7, 11) is 0. The van der Waals surface area contributed by atoms with Crippen LogP contribution >= 0.6 is 0 Å². The molecule has 0 aromatic heterocycles. The largest absolute Gasteiger partial charge is 0.399 e. The van der Waals surface area contributed by atoms with Gasteiger partial charge in [0.2, 0.25) is 0 Å². The zero-order valence-corrected chi connectivity index (χ0v) is 22.4. The predicted molar refractivity (Wildman–Crippen MR) is 157 cm³/mol. The summed E-state index contributed by atoms with van der Waals surface area (Å²) in [6.45, 7) is 13.5. The number of nitrogen functional groups attached to an aromatic ring is 2. The van der Waals surface area contributed by atoms with Crippen molar-refractivity contribution in [3.63, 3.8) is 0 Å². The topological polar surface area (TPSA) is 52.0 Å². The number of benzene rings is 4. The molecule has 0 spiro atoms. The summed E-state index contributed by atoms with van der Waals surface area (Å²) in [4.78, 5) is 0. The van der Waals surface area contributed by atoms with E-state index in [1.54, 1.807) is 0 Å². The molecule has 0 fully saturated rings. The minimum absolute atomic E-state index is 0.0895. The van der Waals surface area contributed by atoms with Gasteiger partial charge >= 0.3 is 0 Å². The zero-order chi connectivity index (χ0) is 26.1. The lowest BCUT2D eigenvalue weighted by Gasteiger charge is -2.23. The van der Waals surface area contributed by atoms with E-state index in [1.165, 1.54) is 33.4 Å². The van der Waals surface area contributed by atoms with Gasteiger partial charge in [-0.3, -0.25) is 0 Å². The molecule has 184 valence electrons. The van der Waals surface area contributed by atoms with Crippen molar-refractivity contribution in [2.24, 2.45) is 0 Å². The molecule has 0 atom stereocenters. The van der Waals surface area contributed by atoms with Crippen LogP contribution in [0.4, 0.5) is 11.4 Å². The third-order valence-electron chi connectivity index (χ3n) is 6.73. The Hall–Kier alpha value is -3.78. The fraction of sp³-hybridized carbons (Fsp3) is 0.235. The Balaban J connectivity index is 2.04. The van der Waals surface area contributed by atoms with E-state index in [2.05, 4.69) is 114 Å². The maximum atomic E-state index is 6.08. The number of anilines is 2. The number of nitrogens with two attached hydrogens (primary N) is 2. The van der Waals surface area contributed by atoms with Crippen LogP contribution in [0.15, 0.2) is 97.1 Å². The van der Waals surface area contributed by atoms with E-state index in [0.717, 1.165) is 22.5 Å². The lowest BCUT2D eigenvalue weighted by Crippen LogP contribution is -2.11. The van der Waals surface area contributed by atoms with Crippen molar-refractivity contribution in [2.75, 3.05) is 11.5 Å². The second-order valence-corrected chi connectivity index (χ2v) is 11.6. The first-order valence-corrected chi connectivity index (χ1v) is 12.6. The molecule has 0 aliphatic heterocycles. The maximum Gasteiger partial charge on any atom is 0.0314 e. The lowest BCUT2D eigenvalue weighted by molar-refractivity contribution is 0.590. The van der Waals surface area contributed by atoms with Crippen LogP contribution < -0.4 is 11.5 Å². The Kier molecular flexibility index (Phi) is 6.82. The van der Waals surface area contributed by atoms with Crippen molar-refractivity contribution >= 4 is 22.5 Å². The molecular weight excluding hydrogens is 436 g/mol. The molecule has 0 amide bonds. The molecule has 0 heterocycles. The van der Waals surface area contributed by atoms with E-state index in [0.29, 0.717) is 0 Å². The summed E-state index contributed by atoms with van der Waals surface area (Å²) in [5, 5.41) is 0. The van der Waals surface area contributed by atoms with Crippen LogP contribution in [-0.2, 0) is 10.8 Å². The fourth-order valence-corrected chi connectivity index (χ4v) is 4.48. The average molecular weight is 475 g/mol. The Bertz CT molecular complexity index is 1230. The molecule has 2 nitrogen and oxygen atoms in total. The quantitative estimate of drug-likeness (QED) is 0.230. The monoisotopic (exact) mass is 474 g/mol. The highest BCUT2D eigenvalue weighted by Gasteiger charge is 2.20. The van der Waals surface area contributed by atoms with Gasteiger partial charge < -0.3 is 11.5 Å². The summed E-state index contributed by atoms with van der Waals surface area (Å²) in [5.41, 5.74) is 23.4. The van der Waals surface area contributed by atoms with Crippen molar-refractivity contribution < 1.29 is 0 Å². The third kappa shape index (κ3) is 5.54. The van der Waals surface area contributed by atoms with Crippen molar-refractivity contribution in [1.29, 1.82) is 0 Å². The highest BCUT2D eigenvalue weighted by molar-refractivity contribution is 6.04. The van der Waals surface area contributed by atoms with Crippen LogP contribution in [0, 0.1) is 0 Å². The second kappa shape index (κ2) is 9.70. The van der Waals surface area contributed by atoms with Crippen LogP contribution in [-0.4, -0.2) is 0 Å². The van der Waals surface area contributed by atoms with Gasteiger partial charge in [0, 0.05) is 11.4 Å². The molecule has 2 heteroatoms. The van der Waals surface area contributed by atoms with Gasteiger partial charge in [-0.2, -0.15) is 0 Å². The molecule has 0 saturated carbocycles. The first-order chi connectivity index (χ1) is 16.9. The third-order valence-corrected chi connectivity index (χ3v) is 6.73. The molecule has 0 aliphatic carbocycles. The van der Waals surface area contributed by atoms with Gasteiger partial charge in [0.05, 0.1) is 0 Å². The van der Waals surface area contributed by atoms with Gasteiger partial charge in [-0.15, -0.1) is 0 Å². The zero-order valence-electron chi connectivity index (χ0n) is 22.4. The highest BCUT2D eigenvalue weighted by Crippen LogP contribution is 2.38. The van der Waals surface area contributed by atoms with E-state index in [9.17, 15) is 0 Å². The van der Waals surface area contributed by atoms with E-state index >= 15 is 0 Å². The van der Waals surface area contributed by atoms with Crippen LogP contribution in [0.3, 0.4) is 0 Å². The lowest BCUT2D eigenvalue weighted by atomic mass is 9.82. The standard InChI is InChI=1S/C34H38N2/c1-33(2,3)27-15-7-23(8-16-27)31(25-11-19-29(35)20-12-25)32(26-13-21-30(36)22-14-26)24-9-17-28(18-10-24)34(4,5)6/h7-22H,35-36H2,1-6H3/b32-31+. The highest BCUT2D eigenvalue weighted by atomic mass is 14.5. The van der Waals surface area contributed by atoms with Gasteiger partial charge in [-0.25, -0.2) is 0 Å². The molecule has 0 saturated heterocycles. The molecule has 0 aliphatic rings.